The molecule has 0 aromatic heterocycles. The van der Waals surface area contributed by atoms with Gasteiger partial charge in [-0.15, -0.1) is 0 Å². The minimum Gasteiger partial charge on any atom is -0.342 e. The highest BCUT2D eigenvalue weighted by molar-refractivity contribution is 5.82. The first-order valence-corrected chi connectivity index (χ1v) is 5.25. The average Bonchev–Trinajstić information content (AvgIpc) is 2.81. The molecule has 0 saturated carbocycles. The summed E-state index contributed by atoms with van der Waals surface area (Å²) in [7, 11) is 0. The summed E-state index contributed by atoms with van der Waals surface area (Å²) < 4.78 is 0. The van der Waals surface area contributed by atoms with Crippen molar-refractivity contribution >= 4 is 11.6 Å². The Kier molecular flexibility index (Phi) is 3.19. The Morgan fingerprint density at radius 2 is 1.87 bits per heavy atom. The van der Waals surface area contributed by atoms with E-state index >= 15 is 0 Å². The third kappa shape index (κ3) is 2.47. The van der Waals surface area contributed by atoms with Crippen molar-refractivity contribution in [3.8, 4) is 0 Å². The van der Waals surface area contributed by atoms with Crippen molar-refractivity contribution < 1.29 is 0 Å². The van der Waals surface area contributed by atoms with Gasteiger partial charge in [-0.05, 0) is 25.0 Å². The van der Waals surface area contributed by atoms with Crippen LogP contribution in [-0.4, -0.2) is 23.9 Å². The van der Waals surface area contributed by atoms with Crippen LogP contribution in [0.1, 0.15) is 12.8 Å². The molecule has 0 unspecified atom stereocenters. The molecule has 1 fully saturated rings. The van der Waals surface area contributed by atoms with Crippen LogP contribution < -0.4 is 11.3 Å². The number of guanidine groups is 1. The monoisotopic (exact) mass is 204 g/mol. The molecular formula is C11H16N4. The highest BCUT2D eigenvalue weighted by Gasteiger charge is 2.14. The highest BCUT2D eigenvalue weighted by Crippen LogP contribution is 2.13. The van der Waals surface area contributed by atoms with Crippen molar-refractivity contribution in [2.24, 2.45) is 10.8 Å². The van der Waals surface area contributed by atoms with Crippen LogP contribution in [0.25, 0.3) is 0 Å². The standard InChI is InChI=1S/C11H16N4/c12-14-11(15-8-4-5-9-15)13-10-6-2-1-3-7-10/h1-3,6-7H,4-5,8-9,12H2,(H,13,14). The van der Waals surface area contributed by atoms with E-state index in [2.05, 4.69) is 15.3 Å². The Morgan fingerprint density at radius 3 is 2.47 bits per heavy atom. The van der Waals surface area contributed by atoms with Crippen LogP contribution in [0.4, 0.5) is 5.69 Å². The molecule has 3 N–H and O–H groups in total. The summed E-state index contributed by atoms with van der Waals surface area (Å²) in [4.78, 5) is 6.64. The molecule has 0 atom stereocenters. The zero-order chi connectivity index (χ0) is 10.5. The number of nitrogens with zero attached hydrogens (tertiary/aromatic N) is 2. The van der Waals surface area contributed by atoms with Crippen molar-refractivity contribution in [1.29, 1.82) is 0 Å². The van der Waals surface area contributed by atoms with Gasteiger partial charge in [0.15, 0.2) is 0 Å². The Balaban J connectivity index is 2.15. The Bertz CT molecular complexity index is 328. The summed E-state index contributed by atoms with van der Waals surface area (Å²) in [5, 5.41) is 0. The summed E-state index contributed by atoms with van der Waals surface area (Å²) in [5.74, 6) is 6.24. The zero-order valence-corrected chi connectivity index (χ0v) is 8.69. The molecule has 1 aromatic rings. The lowest BCUT2D eigenvalue weighted by molar-refractivity contribution is 0.497. The molecule has 0 aliphatic carbocycles. The fourth-order valence-corrected chi connectivity index (χ4v) is 1.75. The third-order valence-electron chi connectivity index (χ3n) is 2.53. The van der Waals surface area contributed by atoms with Crippen LogP contribution in [0.15, 0.2) is 35.3 Å². The molecule has 1 aliphatic heterocycles. The van der Waals surface area contributed by atoms with Crippen LogP contribution >= 0.6 is 0 Å². The van der Waals surface area contributed by atoms with Gasteiger partial charge in [-0.25, -0.2) is 10.8 Å². The molecule has 1 saturated heterocycles. The van der Waals surface area contributed by atoms with Gasteiger partial charge in [0.25, 0.3) is 0 Å². The molecule has 1 heterocycles. The number of nitrogens with two attached hydrogens (primary N) is 1. The first-order valence-electron chi connectivity index (χ1n) is 5.25. The Labute approximate surface area is 89.8 Å². The van der Waals surface area contributed by atoms with E-state index in [1.165, 1.54) is 12.8 Å². The van der Waals surface area contributed by atoms with Crippen molar-refractivity contribution in [3.63, 3.8) is 0 Å². The molecule has 0 bridgehead atoms. The van der Waals surface area contributed by atoms with Gasteiger partial charge in [-0.2, -0.15) is 0 Å². The quantitative estimate of drug-likeness (QED) is 0.313. The molecule has 1 aromatic carbocycles. The number of benzene rings is 1. The molecule has 15 heavy (non-hydrogen) atoms. The lowest BCUT2D eigenvalue weighted by Gasteiger charge is -2.18. The molecular weight excluding hydrogens is 188 g/mol. The van der Waals surface area contributed by atoms with Gasteiger partial charge in [0.2, 0.25) is 5.96 Å². The van der Waals surface area contributed by atoms with Gasteiger partial charge < -0.3 is 4.90 Å². The van der Waals surface area contributed by atoms with E-state index in [4.69, 9.17) is 5.84 Å². The number of nitrogens with one attached hydrogen (secondary N) is 1. The van der Waals surface area contributed by atoms with Crippen LogP contribution in [0.5, 0.6) is 0 Å². The second-order valence-electron chi connectivity index (χ2n) is 3.61. The van der Waals surface area contributed by atoms with E-state index < -0.39 is 0 Å². The summed E-state index contributed by atoms with van der Waals surface area (Å²) >= 11 is 0. The number of para-hydroxylation sites is 1. The normalized spacial score (nSPS) is 16.9. The third-order valence-corrected chi connectivity index (χ3v) is 2.53. The summed E-state index contributed by atoms with van der Waals surface area (Å²) in [6.45, 7) is 2.08. The number of likely N-dealkylation sites (tertiary alicyclic amines) is 1. The van der Waals surface area contributed by atoms with E-state index in [9.17, 15) is 0 Å². The maximum absolute atomic E-state index is 5.48. The molecule has 0 spiro atoms. The molecule has 4 heteroatoms. The van der Waals surface area contributed by atoms with Gasteiger partial charge in [0.05, 0.1) is 5.69 Å². The van der Waals surface area contributed by atoms with Crippen LogP contribution in [0, 0.1) is 0 Å². The topological polar surface area (TPSA) is 53.6 Å². The number of hydrazine groups is 1. The maximum atomic E-state index is 5.48. The largest absolute Gasteiger partial charge is 0.342 e. The van der Waals surface area contributed by atoms with Gasteiger partial charge in [0, 0.05) is 13.1 Å². The first-order chi connectivity index (χ1) is 7.40. The van der Waals surface area contributed by atoms with Crippen molar-refractivity contribution in [2.75, 3.05) is 13.1 Å². The van der Waals surface area contributed by atoms with Gasteiger partial charge in [0.1, 0.15) is 0 Å². The van der Waals surface area contributed by atoms with E-state index in [1.807, 2.05) is 30.3 Å². The van der Waals surface area contributed by atoms with Crippen molar-refractivity contribution in [1.82, 2.24) is 10.3 Å². The number of hydrogen-bond acceptors (Lipinski definition) is 2. The van der Waals surface area contributed by atoms with E-state index in [0.717, 1.165) is 24.7 Å². The zero-order valence-electron chi connectivity index (χ0n) is 8.69. The lowest BCUT2D eigenvalue weighted by atomic mass is 10.3. The molecule has 0 radical (unpaired) electrons. The molecule has 1 aliphatic rings. The SMILES string of the molecule is NNC(=Nc1ccccc1)N1CCCC1. The number of rotatable bonds is 1. The number of aliphatic imine (C=N–C) groups is 1. The molecule has 4 nitrogen and oxygen atoms in total. The Hall–Kier alpha value is -1.55. The van der Waals surface area contributed by atoms with Crippen LogP contribution in [0.3, 0.4) is 0 Å². The summed E-state index contributed by atoms with van der Waals surface area (Å²) in [6.07, 6.45) is 2.44. The predicted molar refractivity (Wildman–Crippen MR) is 61.7 cm³/mol. The van der Waals surface area contributed by atoms with E-state index in [-0.39, 0.29) is 0 Å². The minimum absolute atomic E-state index is 0.763. The van der Waals surface area contributed by atoms with Crippen LogP contribution in [-0.2, 0) is 0 Å². The second kappa shape index (κ2) is 4.79. The molecule has 2 rings (SSSR count). The summed E-state index contributed by atoms with van der Waals surface area (Å²) in [5.41, 5.74) is 3.60. The molecule has 0 amide bonds. The first kappa shape index (κ1) is 9.98. The summed E-state index contributed by atoms with van der Waals surface area (Å²) in [6, 6.07) is 9.85. The maximum Gasteiger partial charge on any atom is 0.213 e. The van der Waals surface area contributed by atoms with Gasteiger partial charge in [-0.1, -0.05) is 18.2 Å². The highest BCUT2D eigenvalue weighted by atomic mass is 15.4. The van der Waals surface area contributed by atoms with Gasteiger partial charge >= 0.3 is 0 Å². The average molecular weight is 204 g/mol. The Morgan fingerprint density at radius 1 is 1.20 bits per heavy atom. The smallest absolute Gasteiger partial charge is 0.213 e. The lowest BCUT2D eigenvalue weighted by Crippen LogP contribution is -2.43. The predicted octanol–water partition coefficient (Wildman–Crippen LogP) is 1.23. The molecule has 80 valence electrons. The fraction of sp³-hybridized carbons (Fsp3) is 0.364. The van der Waals surface area contributed by atoms with Crippen LogP contribution in [0.2, 0.25) is 0 Å². The van der Waals surface area contributed by atoms with E-state index in [0.29, 0.717) is 0 Å². The van der Waals surface area contributed by atoms with Crippen molar-refractivity contribution in [3.05, 3.63) is 30.3 Å². The van der Waals surface area contributed by atoms with E-state index in [1.54, 1.807) is 0 Å². The van der Waals surface area contributed by atoms with Crippen molar-refractivity contribution in [2.45, 2.75) is 12.8 Å². The second-order valence-corrected chi connectivity index (χ2v) is 3.61. The van der Waals surface area contributed by atoms with Gasteiger partial charge in [-0.3, -0.25) is 5.43 Å². The minimum atomic E-state index is 0.763. The fourth-order valence-electron chi connectivity index (χ4n) is 1.75. The number of hydrogen-bond donors (Lipinski definition) is 2.